The summed E-state index contributed by atoms with van der Waals surface area (Å²) < 4.78 is 72.4. The molecule has 0 radical (unpaired) electrons. The number of nitrogens with zero attached hydrogens (tertiary/aromatic N) is 2. The minimum absolute atomic E-state index is 0.0144. The molecule has 13 heteroatoms. The first kappa shape index (κ1) is 25.9. The molecule has 0 spiro atoms. The van der Waals surface area contributed by atoms with E-state index in [9.17, 15) is 32.1 Å². The zero-order valence-electron chi connectivity index (χ0n) is 19.1. The highest BCUT2D eigenvalue weighted by molar-refractivity contribution is 7.82. The second-order valence-electron chi connectivity index (χ2n) is 8.36. The van der Waals surface area contributed by atoms with Gasteiger partial charge in [0.05, 0.1) is 18.0 Å². The van der Waals surface area contributed by atoms with E-state index in [1.807, 2.05) is 0 Å². The van der Waals surface area contributed by atoms with Crippen molar-refractivity contribution in [2.45, 2.75) is 29.3 Å². The lowest BCUT2D eigenvalue weighted by Crippen LogP contribution is -2.66. The summed E-state index contributed by atoms with van der Waals surface area (Å²) in [5, 5.41) is 10.1. The van der Waals surface area contributed by atoms with Crippen LogP contribution >= 0.6 is 0 Å². The quantitative estimate of drug-likeness (QED) is 0.524. The van der Waals surface area contributed by atoms with Crippen molar-refractivity contribution >= 4 is 23.0 Å². The Morgan fingerprint density at radius 1 is 1.14 bits per heavy atom. The van der Waals surface area contributed by atoms with Crippen LogP contribution in [0.15, 0.2) is 41.3 Å². The molecule has 0 aliphatic carbocycles. The number of fused-ring (bicyclic) bond motifs is 2. The molecule has 2 heterocycles. The molecule has 3 unspecified atom stereocenters. The normalized spacial score (nSPS) is 22.3. The van der Waals surface area contributed by atoms with Gasteiger partial charge in [0.1, 0.15) is 34.7 Å². The SMILES string of the molecule is COCCOC(=O)N1CC2CCC(C(=O)O)(C1)N2S(=O)c1cc(F)c(Oc2ccc(F)cc2)c(F)c1. The molecule has 4 rings (SSSR count). The van der Waals surface area contributed by atoms with Crippen molar-refractivity contribution < 1.29 is 46.3 Å². The Bertz CT molecular complexity index is 1160. The molecule has 2 saturated heterocycles. The number of ether oxygens (including phenoxy) is 3. The fourth-order valence-corrected chi connectivity index (χ4v) is 6.03. The first-order valence-electron chi connectivity index (χ1n) is 10.9. The maximum absolute atomic E-state index is 14.8. The van der Waals surface area contributed by atoms with Gasteiger partial charge in [-0.3, -0.25) is 4.79 Å². The predicted octanol–water partition coefficient (Wildman–Crippen LogP) is 3.31. The van der Waals surface area contributed by atoms with Crippen molar-refractivity contribution in [3.05, 3.63) is 53.8 Å². The van der Waals surface area contributed by atoms with Gasteiger partial charge in [0, 0.05) is 19.7 Å². The van der Waals surface area contributed by atoms with E-state index >= 15 is 0 Å². The van der Waals surface area contributed by atoms with Crippen LogP contribution in [0.25, 0.3) is 0 Å². The Morgan fingerprint density at radius 3 is 2.42 bits per heavy atom. The molecule has 2 bridgehead atoms. The van der Waals surface area contributed by atoms with Crippen LogP contribution in [-0.2, 0) is 25.3 Å². The molecule has 2 aliphatic rings. The lowest BCUT2D eigenvalue weighted by atomic mass is 9.97. The topological polar surface area (TPSA) is 106 Å². The van der Waals surface area contributed by atoms with Gasteiger partial charge in [-0.1, -0.05) is 0 Å². The van der Waals surface area contributed by atoms with Crippen molar-refractivity contribution in [2.75, 3.05) is 33.4 Å². The van der Waals surface area contributed by atoms with E-state index in [2.05, 4.69) is 0 Å². The second kappa shape index (κ2) is 10.4. The molecule has 194 valence electrons. The van der Waals surface area contributed by atoms with E-state index in [1.165, 1.54) is 28.4 Å². The molecular formula is C23H23F3N2O7S. The van der Waals surface area contributed by atoms with Crippen molar-refractivity contribution in [3.8, 4) is 11.5 Å². The van der Waals surface area contributed by atoms with Crippen LogP contribution in [0.5, 0.6) is 11.5 Å². The number of rotatable bonds is 8. The molecule has 2 aromatic carbocycles. The standard InChI is InChI=1S/C23H23F3N2O7S/c1-33-8-9-34-22(31)27-12-15-6-7-23(13-27,21(29)30)28(15)36(32)17-10-18(25)20(19(26)11-17)35-16-4-2-14(24)3-5-16/h2-5,10-11,15H,6-9,12-13H2,1H3,(H,29,30). The molecule has 2 aliphatic heterocycles. The summed E-state index contributed by atoms with van der Waals surface area (Å²) in [5.74, 6) is -5.00. The van der Waals surface area contributed by atoms with E-state index in [1.54, 1.807) is 0 Å². The lowest BCUT2D eigenvalue weighted by Gasteiger charge is -2.44. The number of likely N-dealkylation sites (tertiary alicyclic amines) is 1. The fourth-order valence-electron chi connectivity index (χ4n) is 4.41. The van der Waals surface area contributed by atoms with Crippen LogP contribution in [0.2, 0.25) is 0 Å². The number of benzene rings is 2. The third kappa shape index (κ3) is 4.90. The summed E-state index contributed by atoms with van der Waals surface area (Å²) in [4.78, 5) is 25.7. The molecule has 2 aromatic rings. The van der Waals surface area contributed by atoms with Gasteiger partial charge < -0.3 is 24.2 Å². The number of carboxylic acid groups (broad SMARTS) is 1. The Hall–Kier alpha value is -3.16. The third-order valence-corrected chi connectivity index (χ3v) is 7.73. The third-order valence-electron chi connectivity index (χ3n) is 6.08. The van der Waals surface area contributed by atoms with Crippen molar-refractivity contribution in [2.24, 2.45) is 0 Å². The monoisotopic (exact) mass is 528 g/mol. The number of carbonyl (C=O) groups excluding carboxylic acids is 1. The van der Waals surface area contributed by atoms with Gasteiger partial charge in [0.15, 0.2) is 17.4 Å². The van der Waals surface area contributed by atoms with E-state index < -0.39 is 57.8 Å². The Balaban J connectivity index is 1.58. The van der Waals surface area contributed by atoms with Crippen LogP contribution in [-0.4, -0.2) is 75.6 Å². The van der Waals surface area contributed by atoms with Gasteiger partial charge in [-0.25, -0.2) is 22.2 Å². The number of piperazine rings is 1. The van der Waals surface area contributed by atoms with E-state index in [0.29, 0.717) is 6.42 Å². The maximum atomic E-state index is 14.8. The molecule has 2 fully saturated rings. The Labute approximate surface area is 206 Å². The molecule has 0 saturated carbocycles. The van der Waals surface area contributed by atoms with Gasteiger partial charge in [0.25, 0.3) is 0 Å². The van der Waals surface area contributed by atoms with Crippen LogP contribution < -0.4 is 4.74 Å². The molecule has 3 atom stereocenters. The number of carboxylic acids is 1. The van der Waals surface area contributed by atoms with Gasteiger partial charge in [0.2, 0.25) is 0 Å². The van der Waals surface area contributed by atoms with Gasteiger partial charge >= 0.3 is 12.1 Å². The summed E-state index contributed by atoms with van der Waals surface area (Å²) in [5.41, 5.74) is -1.73. The molecule has 36 heavy (non-hydrogen) atoms. The number of amides is 1. The van der Waals surface area contributed by atoms with Crippen LogP contribution in [0, 0.1) is 17.5 Å². The number of aliphatic carboxylic acids is 1. The minimum Gasteiger partial charge on any atom is -0.480 e. The average molecular weight is 529 g/mol. The zero-order chi connectivity index (χ0) is 26.0. The summed E-state index contributed by atoms with van der Waals surface area (Å²) in [6.07, 6.45) is -0.345. The molecule has 1 N–H and O–H groups in total. The van der Waals surface area contributed by atoms with Crippen molar-refractivity contribution in [1.29, 1.82) is 0 Å². The van der Waals surface area contributed by atoms with Crippen molar-refractivity contribution in [1.82, 2.24) is 9.21 Å². The first-order valence-corrected chi connectivity index (χ1v) is 12.0. The van der Waals surface area contributed by atoms with E-state index in [0.717, 1.165) is 24.3 Å². The minimum atomic E-state index is -2.27. The fraction of sp³-hybridized carbons (Fsp3) is 0.391. The summed E-state index contributed by atoms with van der Waals surface area (Å²) >= 11 is 0. The van der Waals surface area contributed by atoms with Gasteiger partial charge in [-0.05, 0) is 49.2 Å². The number of halogens is 3. The number of methoxy groups -OCH3 is 1. The summed E-state index contributed by atoms with van der Waals surface area (Å²) in [6.45, 7) is -0.130. The highest BCUT2D eigenvalue weighted by Gasteiger charge is 2.60. The van der Waals surface area contributed by atoms with Gasteiger partial charge in [-0.2, -0.15) is 4.31 Å². The molecule has 0 aromatic heterocycles. The molecule has 9 nitrogen and oxygen atoms in total. The van der Waals surface area contributed by atoms with Crippen LogP contribution in [0.1, 0.15) is 12.8 Å². The van der Waals surface area contributed by atoms with Crippen LogP contribution in [0.4, 0.5) is 18.0 Å². The largest absolute Gasteiger partial charge is 0.480 e. The first-order chi connectivity index (χ1) is 17.2. The smallest absolute Gasteiger partial charge is 0.409 e. The maximum Gasteiger partial charge on any atom is 0.409 e. The lowest BCUT2D eigenvalue weighted by molar-refractivity contribution is -0.150. The predicted molar refractivity (Wildman–Crippen MR) is 119 cm³/mol. The van der Waals surface area contributed by atoms with Crippen molar-refractivity contribution in [3.63, 3.8) is 0 Å². The second-order valence-corrected chi connectivity index (χ2v) is 9.73. The van der Waals surface area contributed by atoms with E-state index in [-0.39, 0.29) is 43.4 Å². The molecule has 1 amide bonds. The average Bonchev–Trinajstić information content (AvgIpc) is 3.08. The Morgan fingerprint density at radius 2 is 1.81 bits per heavy atom. The van der Waals surface area contributed by atoms with Gasteiger partial charge in [-0.15, -0.1) is 0 Å². The zero-order valence-corrected chi connectivity index (χ0v) is 19.9. The highest BCUT2D eigenvalue weighted by Crippen LogP contribution is 2.43. The number of hydrogen-bond donors (Lipinski definition) is 1. The van der Waals surface area contributed by atoms with Crippen LogP contribution in [0.3, 0.4) is 0 Å². The van der Waals surface area contributed by atoms with E-state index in [4.69, 9.17) is 14.2 Å². The Kier molecular flexibility index (Phi) is 7.52. The number of carbonyl (C=O) groups is 2. The highest BCUT2D eigenvalue weighted by atomic mass is 32.2. The summed E-state index contributed by atoms with van der Waals surface area (Å²) in [7, 11) is -0.833. The molecular weight excluding hydrogens is 505 g/mol. The number of hydrogen-bond acceptors (Lipinski definition) is 6. The summed E-state index contributed by atoms with van der Waals surface area (Å²) in [6, 6.07) is 5.46.